The average Bonchev–Trinajstić information content (AvgIpc) is 2.37. The average molecular weight is 267 g/mol. The topological polar surface area (TPSA) is 56.8 Å². The van der Waals surface area contributed by atoms with Gasteiger partial charge < -0.3 is 19.5 Å². The maximum Gasteiger partial charge on any atom is 0.204 e. The van der Waals surface area contributed by atoms with Crippen LogP contribution >= 0.6 is 0 Å². The molecule has 1 aromatic carbocycles. The standard InChI is InChI=1S/C14H21NO4/c1-9(2)19-13-10(11(16)8-15-3)6-7-12(17-4)14(13)18-5/h6-7,9,15H,8H2,1-5H3. The quantitative estimate of drug-likeness (QED) is 0.765. The molecule has 0 radical (unpaired) electrons. The number of carbonyl (C=O) groups is 1. The molecule has 0 fully saturated rings. The van der Waals surface area contributed by atoms with Crippen LogP contribution in [0.3, 0.4) is 0 Å². The molecule has 0 aliphatic carbocycles. The number of likely N-dealkylation sites (N-methyl/N-ethyl adjacent to an activating group) is 1. The molecule has 106 valence electrons. The molecule has 1 aromatic rings. The molecule has 19 heavy (non-hydrogen) atoms. The Morgan fingerprint density at radius 3 is 2.37 bits per heavy atom. The highest BCUT2D eigenvalue weighted by molar-refractivity contribution is 6.01. The second kappa shape index (κ2) is 6.99. The minimum absolute atomic E-state index is 0.0564. The Morgan fingerprint density at radius 2 is 1.89 bits per heavy atom. The summed E-state index contributed by atoms with van der Waals surface area (Å²) >= 11 is 0. The molecule has 0 aliphatic heterocycles. The van der Waals surface area contributed by atoms with Gasteiger partial charge in [-0.25, -0.2) is 0 Å². The first kappa shape index (κ1) is 15.3. The molecular formula is C14H21NO4. The number of benzene rings is 1. The van der Waals surface area contributed by atoms with Crippen molar-refractivity contribution in [3.8, 4) is 17.2 Å². The number of ketones is 1. The predicted molar refractivity (Wildman–Crippen MR) is 73.6 cm³/mol. The van der Waals surface area contributed by atoms with E-state index in [9.17, 15) is 4.79 Å². The minimum atomic E-state index is -0.0675. The van der Waals surface area contributed by atoms with E-state index in [1.165, 1.54) is 7.11 Å². The summed E-state index contributed by atoms with van der Waals surface area (Å²) < 4.78 is 16.3. The SMILES string of the molecule is CNCC(=O)c1ccc(OC)c(OC)c1OC(C)C. The third-order valence-corrected chi connectivity index (χ3v) is 2.49. The summed E-state index contributed by atoms with van der Waals surface area (Å²) in [7, 11) is 4.80. The highest BCUT2D eigenvalue weighted by Gasteiger charge is 2.21. The van der Waals surface area contributed by atoms with E-state index in [4.69, 9.17) is 14.2 Å². The molecule has 0 spiro atoms. The van der Waals surface area contributed by atoms with Crippen molar-refractivity contribution in [2.24, 2.45) is 0 Å². The van der Waals surface area contributed by atoms with Crippen LogP contribution in [0, 0.1) is 0 Å². The van der Waals surface area contributed by atoms with Crippen molar-refractivity contribution in [3.63, 3.8) is 0 Å². The lowest BCUT2D eigenvalue weighted by atomic mass is 10.1. The Hall–Kier alpha value is -1.75. The second-order valence-corrected chi connectivity index (χ2v) is 4.30. The van der Waals surface area contributed by atoms with Crippen molar-refractivity contribution < 1.29 is 19.0 Å². The van der Waals surface area contributed by atoms with E-state index in [0.717, 1.165) is 0 Å². The number of nitrogens with one attached hydrogen (secondary N) is 1. The summed E-state index contributed by atoms with van der Waals surface area (Å²) in [6.45, 7) is 4.03. The second-order valence-electron chi connectivity index (χ2n) is 4.30. The van der Waals surface area contributed by atoms with Crippen LogP contribution in [0.1, 0.15) is 24.2 Å². The smallest absolute Gasteiger partial charge is 0.204 e. The highest BCUT2D eigenvalue weighted by atomic mass is 16.5. The summed E-state index contributed by atoms with van der Waals surface area (Å²) in [5.41, 5.74) is 0.487. The van der Waals surface area contributed by atoms with Gasteiger partial charge in [-0.1, -0.05) is 0 Å². The van der Waals surface area contributed by atoms with Crippen LogP contribution in [0.2, 0.25) is 0 Å². The molecule has 0 unspecified atom stereocenters. The first-order chi connectivity index (χ1) is 9.04. The summed E-state index contributed by atoms with van der Waals surface area (Å²) in [6, 6.07) is 3.40. The molecule has 1 rings (SSSR count). The molecule has 5 nitrogen and oxygen atoms in total. The van der Waals surface area contributed by atoms with Gasteiger partial charge >= 0.3 is 0 Å². The van der Waals surface area contributed by atoms with Gasteiger partial charge in [0.15, 0.2) is 17.3 Å². The fourth-order valence-electron chi connectivity index (χ4n) is 1.73. The number of hydrogen-bond donors (Lipinski definition) is 1. The molecule has 0 saturated carbocycles. The van der Waals surface area contributed by atoms with Crippen LogP contribution in [-0.2, 0) is 0 Å². The maximum absolute atomic E-state index is 12.1. The number of rotatable bonds is 7. The molecule has 0 saturated heterocycles. The summed E-state index contributed by atoms with van der Waals surface area (Å²) in [5, 5.41) is 2.84. The van der Waals surface area contributed by atoms with Gasteiger partial charge in [-0.2, -0.15) is 0 Å². The largest absolute Gasteiger partial charge is 0.493 e. The lowest BCUT2D eigenvalue weighted by molar-refractivity contribution is 0.0986. The summed E-state index contributed by atoms with van der Waals surface area (Å²) in [4.78, 5) is 12.1. The summed E-state index contributed by atoms with van der Waals surface area (Å²) in [6.07, 6.45) is -0.0675. The van der Waals surface area contributed by atoms with Gasteiger partial charge in [0, 0.05) is 0 Å². The number of Topliss-reactive ketones (excluding diaryl/α,β-unsaturated/α-hetero) is 1. The van der Waals surface area contributed by atoms with E-state index in [1.54, 1.807) is 26.3 Å². The van der Waals surface area contributed by atoms with Gasteiger partial charge in [0.25, 0.3) is 0 Å². The third-order valence-electron chi connectivity index (χ3n) is 2.49. The van der Waals surface area contributed by atoms with E-state index in [1.807, 2.05) is 13.8 Å². The van der Waals surface area contributed by atoms with Crippen LogP contribution in [0.4, 0.5) is 0 Å². The molecule has 0 heterocycles. The summed E-state index contributed by atoms with van der Waals surface area (Å²) in [5.74, 6) is 1.36. The van der Waals surface area contributed by atoms with E-state index >= 15 is 0 Å². The van der Waals surface area contributed by atoms with Crippen LogP contribution in [0.25, 0.3) is 0 Å². The molecule has 0 atom stereocenters. The van der Waals surface area contributed by atoms with Crippen molar-refractivity contribution >= 4 is 5.78 Å². The number of hydrogen-bond acceptors (Lipinski definition) is 5. The Balaban J connectivity index is 3.33. The minimum Gasteiger partial charge on any atom is -0.493 e. The highest BCUT2D eigenvalue weighted by Crippen LogP contribution is 2.40. The van der Waals surface area contributed by atoms with E-state index in [0.29, 0.717) is 22.8 Å². The van der Waals surface area contributed by atoms with Gasteiger partial charge in [-0.15, -0.1) is 0 Å². The Morgan fingerprint density at radius 1 is 1.21 bits per heavy atom. The van der Waals surface area contributed by atoms with Gasteiger partial charge in [-0.3, -0.25) is 4.79 Å². The maximum atomic E-state index is 12.1. The predicted octanol–water partition coefficient (Wildman–Crippen LogP) is 1.89. The van der Waals surface area contributed by atoms with Gasteiger partial charge in [-0.05, 0) is 33.0 Å². The molecular weight excluding hydrogens is 246 g/mol. The van der Waals surface area contributed by atoms with Crippen molar-refractivity contribution in [1.29, 1.82) is 0 Å². The Labute approximate surface area is 113 Å². The molecule has 1 N–H and O–H groups in total. The lowest BCUT2D eigenvalue weighted by Gasteiger charge is -2.18. The van der Waals surface area contributed by atoms with Gasteiger partial charge in [0.05, 0.1) is 32.4 Å². The zero-order valence-corrected chi connectivity index (χ0v) is 12.1. The fourth-order valence-corrected chi connectivity index (χ4v) is 1.73. The number of methoxy groups -OCH3 is 2. The van der Waals surface area contributed by atoms with Crippen molar-refractivity contribution in [3.05, 3.63) is 17.7 Å². The van der Waals surface area contributed by atoms with Crippen LogP contribution < -0.4 is 19.5 Å². The Kier molecular flexibility index (Phi) is 5.63. The number of carbonyl (C=O) groups excluding carboxylic acids is 1. The molecule has 0 aliphatic rings. The van der Waals surface area contributed by atoms with Gasteiger partial charge in [0.1, 0.15) is 0 Å². The number of ether oxygens (including phenoxy) is 3. The molecule has 0 amide bonds. The van der Waals surface area contributed by atoms with Crippen LogP contribution in [-0.4, -0.2) is 39.7 Å². The third kappa shape index (κ3) is 3.61. The first-order valence-corrected chi connectivity index (χ1v) is 6.14. The Bertz CT molecular complexity index is 443. The lowest BCUT2D eigenvalue weighted by Crippen LogP contribution is -2.20. The zero-order valence-electron chi connectivity index (χ0n) is 12.1. The molecule has 0 aromatic heterocycles. The van der Waals surface area contributed by atoms with Crippen molar-refractivity contribution in [1.82, 2.24) is 5.32 Å². The monoisotopic (exact) mass is 267 g/mol. The van der Waals surface area contributed by atoms with E-state index in [-0.39, 0.29) is 18.4 Å². The fraction of sp³-hybridized carbons (Fsp3) is 0.500. The van der Waals surface area contributed by atoms with E-state index < -0.39 is 0 Å². The normalized spacial score (nSPS) is 10.4. The van der Waals surface area contributed by atoms with E-state index in [2.05, 4.69) is 5.32 Å². The van der Waals surface area contributed by atoms with Gasteiger partial charge in [0.2, 0.25) is 5.75 Å². The van der Waals surface area contributed by atoms with Crippen molar-refractivity contribution in [2.45, 2.75) is 20.0 Å². The van der Waals surface area contributed by atoms with Crippen LogP contribution in [0.5, 0.6) is 17.2 Å². The van der Waals surface area contributed by atoms with Crippen molar-refractivity contribution in [2.75, 3.05) is 27.8 Å². The molecule has 0 bridgehead atoms. The zero-order chi connectivity index (χ0) is 14.4. The first-order valence-electron chi connectivity index (χ1n) is 6.14. The van der Waals surface area contributed by atoms with Crippen LogP contribution in [0.15, 0.2) is 12.1 Å². The molecule has 5 heteroatoms.